The maximum absolute atomic E-state index is 13.3. The zero-order chi connectivity index (χ0) is 14.1. The zero-order valence-corrected chi connectivity index (χ0v) is 13.3. The standard InChI is InChI=1S/C15H8Br2FNO/c16-12-3-1-2-11-10(12)6-7-19-15(11)20-14-8-9(18)4-5-13(14)17/h1-8H. The van der Waals surface area contributed by atoms with E-state index in [0.717, 1.165) is 15.2 Å². The fourth-order valence-electron chi connectivity index (χ4n) is 1.88. The first kappa shape index (κ1) is 13.5. The van der Waals surface area contributed by atoms with Gasteiger partial charge in [0.2, 0.25) is 5.88 Å². The van der Waals surface area contributed by atoms with Crippen LogP contribution in [0.5, 0.6) is 11.6 Å². The zero-order valence-electron chi connectivity index (χ0n) is 10.1. The highest BCUT2D eigenvalue weighted by Crippen LogP contribution is 2.34. The molecule has 0 saturated carbocycles. The molecule has 3 aromatic rings. The molecule has 2 nitrogen and oxygen atoms in total. The number of rotatable bonds is 2. The number of fused-ring (bicyclic) bond motifs is 1. The first-order valence-corrected chi connectivity index (χ1v) is 7.40. The second-order valence-corrected chi connectivity index (χ2v) is 5.84. The summed E-state index contributed by atoms with van der Waals surface area (Å²) in [5.74, 6) is 0.477. The van der Waals surface area contributed by atoms with Gasteiger partial charge < -0.3 is 4.74 Å². The van der Waals surface area contributed by atoms with Gasteiger partial charge in [-0.2, -0.15) is 0 Å². The highest BCUT2D eigenvalue weighted by molar-refractivity contribution is 9.11. The highest BCUT2D eigenvalue weighted by atomic mass is 79.9. The number of nitrogens with zero attached hydrogens (tertiary/aromatic N) is 1. The lowest BCUT2D eigenvalue weighted by molar-refractivity contribution is 0.461. The van der Waals surface area contributed by atoms with Gasteiger partial charge in [0.15, 0.2) is 0 Å². The van der Waals surface area contributed by atoms with Crippen LogP contribution in [-0.2, 0) is 0 Å². The number of hydrogen-bond donors (Lipinski definition) is 0. The Morgan fingerprint density at radius 1 is 0.950 bits per heavy atom. The van der Waals surface area contributed by atoms with Crippen molar-refractivity contribution in [2.75, 3.05) is 0 Å². The van der Waals surface area contributed by atoms with Crippen molar-refractivity contribution in [3.05, 3.63) is 63.4 Å². The largest absolute Gasteiger partial charge is 0.437 e. The number of halogens is 3. The molecule has 0 fully saturated rings. The Morgan fingerprint density at radius 2 is 1.80 bits per heavy atom. The summed E-state index contributed by atoms with van der Waals surface area (Å²) < 4.78 is 20.7. The third-order valence-electron chi connectivity index (χ3n) is 2.82. The van der Waals surface area contributed by atoms with E-state index < -0.39 is 0 Å². The van der Waals surface area contributed by atoms with E-state index in [4.69, 9.17) is 4.74 Å². The van der Waals surface area contributed by atoms with Crippen molar-refractivity contribution >= 4 is 42.6 Å². The van der Waals surface area contributed by atoms with Crippen molar-refractivity contribution < 1.29 is 9.13 Å². The predicted octanol–water partition coefficient (Wildman–Crippen LogP) is 5.69. The van der Waals surface area contributed by atoms with Crippen molar-refractivity contribution in [1.29, 1.82) is 0 Å². The van der Waals surface area contributed by atoms with E-state index in [-0.39, 0.29) is 5.82 Å². The quantitative estimate of drug-likeness (QED) is 0.555. The van der Waals surface area contributed by atoms with Gasteiger partial charge in [0, 0.05) is 27.5 Å². The average molecular weight is 397 g/mol. The van der Waals surface area contributed by atoms with Gasteiger partial charge in [-0.3, -0.25) is 0 Å². The van der Waals surface area contributed by atoms with Crippen molar-refractivity contribution in [3.63, 3.8) is 0 Å². The summed E-state index contributed by atoms with van der Waals surface area (Å²) in [6, 6.07) is 12.0. The monoisotopic (exact) mass is 395 g/mol. The Bertz CT molecular complexity index is 792. The van der Waals surface area contributed by atoms with Crippen molar-refractivity contribution in [3.8, 4) is 11.6 Å². The summed E-state index contributed by atoms with van der Waals surface area (Å²) in [5.41, 5.74) is 0. The Labute approximate surface area is 131 Å². The van der Waals surface area contributed by atoms with Gasteiger partial charge in [-0.05, 0) is 46.3 Å². The van der Waals surface area contributed by atoms with Crippen LogP contribution in [-0.4, -0.2) is 4.98 Å². The summed E-state index contributed by atoms with van der Waals surface area (Å²) in [7, 11) is 0. The molecule has 5 heteroatoms. The lowest BCUT2D eigenvalue weighted by atomic mass is 10.2. The fraction of sp³-hybridized carbons (Fsp3) is 0. The number of benzene rings is 2. The molecule has 20 heavy (non-hydrogen) atoms. The normalized spacial score (nSPS) is 10.8. The van der Waals surface area contributed by atoms with E-state index in [2.05, 4.69) is 36.8 Å². The molecule has 0 amide bonds. The number of ether oxygens (including phenoxy) is 1. The molecular formula is C15H8Br2FNO. The van der Waals surface area contributed by atoms with Gasteiger partial charge in [0.05, 0.1) is 4.47 Å². The SMILES string of the molecule is Fc1ccc(Br)c(Oc2nccc3c(Br)cccc23)c1. The molecule has 2 aromatic carbocycles. The maximum Gasteiger partial charge on any atom is 0.227 e. The summed E-state index contributed by atoms with van der Waals surface area (Å²) in [5, 5.41) is 1.85. The van der Waals surface area contributed by atoms with Crippen LogP contribution in [0, 0.1) is 5.82 Å². The summed E-state index contributed by atoms with van der Waals surface area (Å²) in [4.78, 5) is 4.23. The van der Waals surface area contributed by atoms with Crippen LogP contribution in [0.2, 0.25) is 0 Å². The number of aromatic nitrogens is 1. The average Bonchev–Trinajstić information content (AvgIpc) is 2.44. The summed E-state index contributed by atoms with van der Waals surface area (Å²) >= 11 is 6.83. The Hall–Kier alpha value is -1.46. The minimum absolute atomic E-state index is 0.357. The van der Waals surface area contributed by atoms with Gasteiger partial charge in [-0.25, -0.2) is 9.37 Å². The highest BCUT2D eigenvalue weighted by Gasteiger charge is 2.09. The molecular weight excluding hydrogens is 389 g/mol. The predicted molar refractivity (Wildman–Crippen MR) is 83.6 cm³/mol. The molecule has 0 unspecified atom stereocenters. The molecule has 0 spiro atoms. The lowest BCUT2D eigenvalue weighted by Crippen LogP contribution is -1.91. The maximum atomic E-state index is 13.3. The van der Waals surface area contributed by atoms with Crippen LogP contribution < -0.4 is 4.74 Å². The second-order valence-electron chi connectivity index (χ2n) is 4.13. The van der Waals surface area contributed by atoms with Crippen LogP contribution in [0.3, 0.4) is 0 Å². The van der Waals surface area contributed by atoms with E-state index in [1.54, 1.807) is 12.3 Å². The van der Waals surface area contributed by atoms with Gasteiger partial charge in [-0.15, -0.1) is 0 Å². The van der Waals surface area contributed by atoms with Gasteiger partial charge in [0.25, 0.3) is 0 Å². The number of pyridine rings is 1. The van der Waals surface area contributed by atoms with Gasteiger partial charge >= 0.3 is 0 Å². The van der Waals surface area contributed by atoms with Gasteiger partial charge in [-0.1, -0.05) is 22.0 Å². The fourth-order valence-corrected chi connectivity index (χ4v) is 2.71. The molecule has 0 atom stereocenters. The molecule has 3 rings (SSSR count). The second kappa shape index (κ2) is 5.50. The first-order valence-electron chi connectivity index (χ1n) is 5.81. The third kappa shape index (κ3) is 2.55. The molecule has 0 N–H and O–H groups in total. The Morgan fingerprint density at radius 3 is 2.65 bits per heavy atom. The molecule has 100 valence electrons. The molecule has 0 aliphatic rings. The Balaban J connectivity index is 2.11. The van der Waals surface area contributed by atoms with E-state index in [1.165, 1.54) is 12.1 Å². The van der Waals surface area contributed by atoms with Crippen LogP contribution >= 0.6 is 31.9 Å². The summed E-state index contributed by atoms with van der Waals surface area (Å²) in [6.07, 6.45) is 1.66. The minimum atomic E-state index is -0.357. The van der Waals surface area contributed by atoms with Crippen LogP contribution in [0.15, 0.2) is 57.6 Å². The van der Waals surface area contributed by atoms with E-state index in [9.17, 15) is 4.39 Å². The van der Waals surface area contributed by atoms with E-state index >= 15 is 0 Å². The molecule has 0 aliphatic carbocycles. The topological polar surface area (TPSA) is 22.1 Å². The molecule has 1 aromatic heterocycles. The first-order chi connectivity index (χ1) is 9.65. The van der Waals surface area contributed by atoms with Crippen molar-refractivity contribution in [2.45, 2.75) is 0 Å². The van der Waals surface area contributed by atoms with E-state index in [0.29, 0.717) is 16.1 Å². The molecule has 0 saturated heterocycles. The van der Waals surface area contributed by atoms with E-state index in [1.807, 2.05) is 24.3 Å². The Kier molecular flexibility index (Phi) is 3.72. The lowest BCUT2D eigenvalue weighted by Gasteiger charge is -2.10. The van der Waals surface area contributed by atoms with Crippen LogP contribution in [0.4, 0.5) is 4.39 Å². The van der Waals surface area contributed by atoms with Crippen LogP contribution in [0.1, 0.15) is 0 Å². The molecule has 1 heterocycles. The van der Waals surface area contributed by atoms with Gasteiger partial charge in [0.1, 0.15) is 11.6 Å². The molecule has 0 aliphatic heterocycles. The molecule has 0 bridgehead atoms. The van der Waals surface area contributed by atoms with Crippen molar-refractivity contribution in [1.82, 2.24) is 4.98 Å². The molecule has 0 radical (unpaired) electrons. The smallest absolute Gasteiger partial charge is 0.227 e. The van der Waals surface area contributed by atoms with Crippen LogP contribution in [0.25, 0.3) is 10.8 Å². The van der Waals surface area contributed by atoms with Crippen molar-refractivity contribution in [2.24, 2.45) is 0 Å². The minimum Gasteiger partial charge on any atom is -0.437 e. The third-order valence-corrected chi connectivity index (χ3v) is 4.16. The summed E-state index contributed by atoms with van der Waals surface area (Å²) in [6.45, 7) is 0. The number of hydrogen-bond acceptors (Lipinski definition) is 2.